The van der Waals surface area contributed by atoms with Crippen molar-refractivity contribution in [1.82, 2.24) is 9.97 Å². The second-order valence-electron chi connectivity index (χ2n) is 6.13. The molecule has 136 valence electrons. The average molecular weight is 359 g/mol. The molecule has 26 heavy (non-hydrogen) atoms. The zero-order chi connectivity index (χ0) is 18.1. The van der Waals surface area contributed by atoms with Crippen LogP contribution >= 0.6 is 0 Å². The van der Waals surface area contributed by atoms with Gasteiger partial charge in [-0.25, -0.2) is 14.4 Å². The number of aliphatic hydroxyl groups is 1. The molecule has 0 spiro atoms. The van der Waals surface area contributed by atoms with Gasteiger partial charge in [-0.3, -0.25) is 4.79 Å². The summed E-state index contributed by atoms with van der Waals surface area (Å²) < 4.78 is 19.9. The van der Waals surface area contributed by atoms with Gasteiger partial charge in [-0.05, 0) is 12.1 Å². The lowest BCUT2D eigenvalue weighted by Gasteiger charge is -2.25. The van der Waals surface area contributed by atoms with Crippen molar-refractivity contribution in [2.45, 2.75) is 24.9 Å². The highest BCUT2D eigenvalue weighted by Gasteiger charge is 2.42. The Morgan fingerprint density at radius 2 is 2.19 bits per heavy atom. The van der Waals surface area contributed by atoms with Crippen molar-refractivity contribution in [2.24, 2.45) is 0 Å². The monoisotopic (exact) mass is 359 g/mol. The molecular weight excluding hydrogens is 341 g/mol. The predicted octanol–water partition coefficient (Wildman–Crippen LogP) is 1.36. The Morgan fingerprint density at radius 3 is 2.92 bits per heavy atom. The first kappa shape index (κ1) is 16.7. The third kappa shape index (κ3) is 2.95. The van der Waals surface area contributed by atoms with Crippen LogP contribution in [0.15, 0.2) is 36.7 Å². The number of fused-ring (bicyclic) bond motifs is 1. The number of anilines is 3. The molecule has 2 aromatic rings. The van der Waals surface area contributed by atoms with Gasteiger partial charge in [0.25, 0.3) is 5.91 Å². The van der Waals surface area contributed by atoms with Gasteiger partial charge in [-0.2, -0.15) is 0 Å². The van der Waals surface area contributed by atoms with E-state index in [4.69, 9.17) is 4.74 Å². The maximum atomic E-state index is 14.3. The molecule has 1 aromatic carbocycles. The van der Waals surface area contributed by atoms with Gasteiger partial charge in [0.05, 0.1) is 19.4 Å². The fourth-order valence-electron chi connectivity index (χ4n) is 3.16. The number of aliphatic hydroxyl groups excluding tert-OH is 1. The van der Waals surface area contributed by atoms with Crippen LogP contribution in [0.4, 0.5) is 21.7 Å². The number of benzene rings is 1. The second kappa shape index (κ2) is 6.85. The van der Waals surface area contributed by atoms with Gasteiger partial charge in [0, 0.05) is 12.0 Å². The zero-order valence-corrected chi connectivity index (χ0v) is 13.8. The highest BCUT2D eigenvalue weighted by molar-refractivity contribution is 6.06. The SMILES string of the molecule is O=C(Nc1ncnc2c1NCN2C1OC(CO)C[C@H]1F)c1ccccc1. The Hall–Kier alpha value is -2.78. The number of hydrogen-bond acceptors (Lipinski definition) is 7. The van der Waals surface area contributed by atoms with Crippen molar-refractivity contribution < 1.29 is 19.0 Å². The van der Waals surface area contributed by atoms with Crippen molar-refractivity contribution >= 4 is 23.2 Å². The molecule has 0 saturated carbocycles. The van der Waals surface area contributed by atoms with Gasteiger partial charge >= 0.3 is 0 Å². The molecule has 0 aliphatic carbocycles. The number of halogens is 1. The molecular formula is C17H18FN5O3. The smallest absolute Gasteiger partial charge is 0.256 e. The first-order valence-corrected chi connectivity index (χ1v) is 8.29. The Kier molecular flexibility index (Phi) is 4.39. The first-order chi connectivity index (χ1) is 12.7. The van der Waals surface area contributed by atoms with Crippen LogP contribution in [0.25, 0.3) is 0 Å². The molecule has 1 amide bonds. The highest BCUT2D eigenvalue weighted by atomic mass is 19.1. The van der Waals surface area contributed by atoms with E-state index in [1.165, 1.54) is 6.33 Å². The van der Waals surface area contributed by atoms with E-state index in [2.05, 4.69) is 20.6 Å². The molecule has 3 N–H and O–H groups in total. The Morgan fingerprint density at radius 1 is 1.38 bits per heavy atom. The summed E-state index contributed by atoms with van der Waals surface area (Å²) in [6, 6.07) is 8.77. The summed E-state index contributed by atoms with van der Waals surface area (Å²) in [4.78, 5) is 22.3. The highest BCUT2D eigenvalue weighted by Crippen LogP contribution is 2.38. The molecule has 2 aliphatic rings. The minimum Gasteiger partial charge on any atom is -0.394 e. The fraction of sp³-hybridized carbons (Fsp3) is 0.353. The Labute approximate surface area is 149 Å². The molecule has 1 aromatic heterocycles. The summed E-state index contributed by atoms with van der Waals surface area (Å²) in [6.45, 7) is 0.0403. The number of alkyl halides is 1. The van der Waals surface area contributed by atoms with Gasteiger partial charge in [0.2, 0.25) is 0 Å². The molecule has 3 heterocycles. The summed E-state index contributed by atoms with van der Waals surface area (Å²) in [6.07, 6.45) is -1.16. The summed E-state index contributed by atoms with van der Waals surface area (Å²) in [5.41, 5.74) is 1.02. The molecule has 9 heteroatoms. The van der Waals surface area contributed by atoms with E-state index in [1.54, 1.807) is 29.2 Å². The maximum absolute atomic E-state index is 14.3. The number of nitrogens with one attached hydrogen (secondary N) is 2. The average Bonchev–Trinajstić information content (AvgIpc) is 3.26. The standard InChI is InChI=1S/C17H18FN5O3/c18-12-6-11(7-24)26-17(12)23-9-21-13-14(19-8-20-15(13)23)22-16(25)10-4-2-1-3-5-10/h1-5,8,11-12,17,21,24H,6-7,9H2,(H,19,20,22,25)/t11?,12-,17?/m1/s1. The van der Waals surface area contributed by atoms with Crippen LogP contribution in [0.2, 0.25) is 0 Å². The van der Waals surface area contributed by atoms with Crippen LogP contribution in [0.3, 0.4) is 0 Å². The summed E-state index contributed by atoms with van der Waals surface area (Å²) in [7, 11) is 0. The molecule has 3 atom stereocenters. The lowest BCUT2D eigenvalue weighted by atomic mass is 10.2. The molecule has 4 rings (SSSR count). The van der Waals surface area contributed by atoms with Gasteiger partial charge in [0.15, 0.2) is 17.9 Å². The van der Waals surface area contributed by atoms with Crippen LogP contribution in [-0.4, -0.2) is 52.8 Å². The first-order valence-electron chi connectivity index (χ1n) is 8.29. The normalized spacial score (nSPS) is 24.2. The molecule has 0 bridgehead atoms. The lowest BCUT2D eigenvalue weighted by molar-refractivity contribution is 0.00153. The molecule has 0 radical (unpaired) electrons. The van der Waals surface area contributed by atoms with Crippen molar-refractivity contribution in [3.63, 3.8) is 0 Å². The third-order valence-corrected chi connectivity index (χ3v) is 4.43. The van der Waals surface area contributed by atoms with Crippen LogP contribution in [0, 0.1) is 0 Å². The largest absolute Gasteiger partial charge is 0.394 e. The lowest BCUT2D eigenvalue weighted by Crippen LogP contribution is -2.40. The van der Waals surface area contributed by atoms with E-state index in [0.717, 1.165) is 0 Å². The van der Waals surface area contributed by atoms with Crippen LogP contribution in [0.1, 0.15) is 16.8 Å². The minimum atomic E-state index is -1.24. The molecule has 1 saturated heterocycles. The van der Waals surface area contributed by atoms with Crippen molar-refractivity contribution in [3.8, 4) is 0 Å². The molecule has 8 nitrogen and oxygen atoms in total. The van der Waals surface area contributed by atoms with E-state index in [9.17, 15) is 14.3 Å². The molecule has 2 aliphatic heterocycles. The molecule has 1 fully saturated rings. The number of ether oxygens (including phenoxy) is 1. The number of nitrogens with zero attached hydrogens (tertiary/aromatic N) is 3. The van der Waals surface area contributed by atoms with E-state index < -0.39 is 18.5 Å². The minimum absolute atomic E-state index is 0.135. The van der Waals surface area contributed by atoms with E-state index in [1.807, 2.05) is 6.07 Å². The Balaban J connectivity index is 1.56. The predicted molar refractivity (Wildman–Crippen MR) is 92.7 cm³/mol. The second-order valence-corrected chi connectivity index (χ2v) is 6.13. The number of carbonyl (C=O) groups is 1. The topological polar surface area (TPSA) is 99.6 Å². The van der Waals surface area contributed by atoms with Crippen LogP contribution in [-0.2, 0) is 4.74 Å². The maximum Gasteiger partial charge on any atom is 0.256 e. The van der Waals surface area contributed by atoms with Crippen molar-refractivity contribution in [2.75, 3.05) is 28.8 Å². The quantitative estimate of drug-likeness (QED) is 0.758. The van der Waals surface area contributed by atoms with Crippen LogP contribution in [0.5, 0.6) is 0 Å². The van der Waals surface area contributed by atoms with Gasteiger partial charge in [-0.1, -0.05) is 18.2 Å². The Bertz CT molecular complexity index is 806. The summed E-state index contributed by atoms with van der Waals surface area (Å²) in [5, 5.41) is 15.0. The number of hydrogen-bond donors (Lipinski definition) is 3. The van der Waals surface area contributed by atoms with Crippen LogP contribution < -0.4 is 15.5 Å². The number of amides is 1. The number of rotatable bonds is 4. The number of carbonyl (C=O) groups excluding carboxylic acids is 1. The third-order valence-electron chi connectivity index (χ3n) is 4.43. The number of aromatic nitrogens is 2. The fourth-order valence-corrected chi connectivity index (χ4v) is 3.16. The van der Waals surface area contributed by atoms with E-state index >= 15 is 0 Å². The summed E-state index contributed by atoms with van der Waals surface area (Å²) >= 11 is 0. The molecule has 2 unspecified atom stereocenters. The zero-order valence-electron chi connectivity index (χ0n) is 13.8. The van der Waals surface area contributed by atoms with E-state index in [-0.39, 0.29) is 25.6 Å². The van der Waals surface area contributed by atoms with E-state index in [0.29, 0.717) is 22.9 Å². The van der Waals surface area contributed by atoms with Crippen molar-refractivity contribution in [1.29, 1.82) is 0 Å². The summed E-state index contributed by atoms with van der Waals surface area (Å²) in [5.74, 6) is 0.473. The van der Waals surface area contributed by atoms with Gasteiger partial charge in [-0.15, -0.1) is 0 Å². The van der Waals surface area contributed by atoms with Gasteiger partial charge < -0.3 is 25.4 Å². The van der Waals surface area contributed by atoms with Crippen molar-refractivity contribution in [3.05, 3.63) is 42.2 Å². The van der Waals surface area contributed by atoms with Gasteiger partial charge in [0.1, 0.15) is 18.2 Å².